The summed E-state index contributed by atoms with van der Waals surface area (Å²) >= 11 is 0. The van der Waals surface area contributed by atoms with Gasteiger partial charge in [0.2, 0.25) is 15.9 Å². The number of piperazine rings is 1. The number of nitrogens with zero attached hydrogens (tertiary/aromatic N) is 2. The van der Waals surface area contributed by atoms with Crippen molar-refractivity contribution >= 4 is 15.9 Å². The van der Waals surface area contributed by atoms with Gasteiger partial charge < -0.3 is 10.6 Å². The van der Waals surface area contributed by atoms with Gasteiger partial charge in [-0.05, 0) is 19.8 Å². The van der Waals surface area contributed by atoms with E-state index in [-0.39, 0.29) is 17.7 Å². The van der Waals surface area contributed by atoms with E-state index < -0.39 is 10.0 Å². The molecule has 0 saturated carbocycles. The lowest BCUT2D eigenvalue weighted by molar-refractivity contribution is -0.132. The molecule has 0 aliphatic carbocycles. The zero-order chi connectivity index (χ0) is 14.5. The van der Waals surface area contributed by atoms with E-state index >= 15 is 0 Å². The Morgan fingerprint density at radius 2 is 1.84 bits per heavy atom. The number of rotatable bonds is 6. The molecule has 1 atom stereocenters. The van der Waals surface area contributed by atoms with Gasteiger partial charge in [0.1, 0.15) is 0 Å². The Morgan fingerprint density at radius 3 is 2.32 bits per heavy atom. The summed E-state index contributed by atoms with van der Waals surface area (Å²) in [5.41, 5.74) is 5.62. The fourth-order valence-electron chi connectivity index (χ4n) is 2.11. The Hall–Kier alpha value is -0.660. The van der Waals surface area contributed by atoms with Gasteiger partial charge >= 0.3 is 0 Å². The van der Waals surface area contributed by atoms with Gasteiger partial charge in [-0.25, -0.2) is 8.42 Å². The van der Waals surface area contributed by atoms with Gasteiger partial charge in [0, 0.05) is 38.6 Å². The van der Waals surface area contributed by atoms with Crippen molar-refractivity contribution in [1.82, 2.24) is 9.21 Å². The fraction of sp³-hybridized carbons (Fsp3) is 0.917. The molecule has 7 heteroatoms. The third kappa shape index (κ3) is 5.08. The van der Waals surface area contributed by atoms with Crippen molar-refractivity contribution in [2.75, 3.05) is 31.9 Å². The first-order chi connectivity index (χ1) is 8.86. The van der Waals surface area contributed by atoms with E-state index in [0.29, 0.717) is 45.4 Å². The Labute approximate surface area is 116 Å². The molecule has 1 fully saturated rings. The number of hydrogen-bond donors (Lipinski definition) is 1. The van der Waals surface area contributed by atoms with Crippen molar-refractivity contribution in [3.05, 3.63) is 0 Å². The van der Waals surface area contributed by atoms with E-state index in [0.717, 1.165) is 0 Å². The molecule has 0 radical (unpaired) electrons. The summed E-state index contributed by atoms with van der Waals surface area (Å²) in [6.07, 6.45) is 1.74. The molecule has 6 nitrogen and oxygen atoms in total. The van der Waals surface area contributed by atoms with E-state index in [1.165, 1.54) is 4.31 Å². The second-order valence-electron chi connectivity index (χ2n) is 5.11. The Kier molecular flexibility index (Phi) is 6.22. The van der Waals surface area contributed by atoms with Crippen molar-refractivity contribution in [3.8, 4) is 0 Å². The highest BCUT2D eigenvalue weighted by atomic mass is 32.2. The molecule has 1 aliphatic rings. The first kappa shape index (κ1) is 16.4. The van der Waals surface area contributed by atoms with Crippen molar-refractivity contribution in [2.24, 2.45) is 5.73 Å². The largest absolute Gasteiger partial charge is 0.340 e. The van der Waals surface area contributed by atoms with Crippen LogP contribution in [0.3, 0.4) is 0 Å². The third-order valence-corrected chi connectivity index (χ3v) is 5.34. The van der Waals surface area contributed by atoms with Crippen LogP contribution in [0.4, 0.5) is 0 Å². The molecule has 0 spiro atoms. The van der Waals surface area contributed by atoms with Gasteiger partial charge in [-0.2, -0.15) is 4.31 Å². The summed E-state index contributed by atoms with van der Waals surface area (Å²) < 4.78 is 25.3. The molecule has 112 valence electrons. The van der Waals surface area contributed by atoms with Crippen molar-refractivity contribution in [2.45, 2.75) is 39.2 Å². The molecule has 1 aliphatic heterocycles. The number of amides is 1. The zero-order valence-corrected chi connectivity index (χ0v) is 12.7. The maximum absolute atomic E-state index is 11.9. The first-order valence-corrected chi connectivity index (χ1v) is 8.49. The standard InChI is InChI=1S/C12H25N3O3S/c1-3-10-19(17,18)15-8-6-14(7-9-15)12(16)5-4-11(2)13/h11H,3-10,13H2,1-2H3. The van der Waals surface area contributed by atoms with Crippen molar-refractivity contribution in [1.29, 1.82) is 0 Å². The van der Waals surface area contributed by atoms with Crippen LogP contribution < -0.4 is 5.73 Å². The summed E-state index contributed by atoms with van der Waals surface area (Å²) in [6.45, 7) is 5.52. The normalized spacial score (nSPS) is 19.4. The summed E-state index contributed by atoms with van der Waals surface area (Å²) in [5, 5.41) is 0. The molecule has 1 saturated heterocycles. The van der Waals surface area contributed by atoms with Gasteiger partial charge in [0.25, 0.3) is 0 Å². The predicted octanol–water partition coefficient (Wildman–Crippen LogP) is -0.00220. The van der Waals surface area contributed by atoms with Crippen LogP contribution in [0, 0.1) is 0 Å². The van der Waals surface area contributed by atoms with E-state index in [9.17, 15) is 13.2 Å². The molecule has 0 aromatic heterocycles. The topological polar surface area (TPSA) is 83.7 Å². The number of hydrogen-bond acceptors (Lipinski definition) is 4. The Morgan fingerprint density at radius 1 is 1.26 bits per heavy atom. The number of carbonyl (C=O) groups is 1. The quantitative estimate of drug-likeness (QED) is 0.746. The van der Waals surface area contributed by atoms with Gasteiger partial charge in [-0.15, -0.1) is 0 Å². The van der Waals surface area contributed by atoms with Gasteiger partial charge in [0.05, 0.1) is 5.75 Å². The second kappa shape index (κ2) is 7.21. The minimum absolute atomic E-state index is 0.0233. The van der Waals surface area contributed by atoms with Crippen LogP contribution in [0.1, 0.15) is 33.1 Å². The number of carbonyl (C=O) groups excluding carboxylic acids is 1. The number of nitrogens with two attached hydrogens (primary N) is 1. The fourth-order valence-corrected chi connectivity index (χ4v) is 3.61. The maximum Gasteiger partial charge on any atom is 0.222 e. The van der Waals surface area contributed by atoms with Crippen LogP contribution >= 0.6 is 0 Å². The number of sulfonamides is 1. The summed E-state index contributed by atoms with van der Waals surface area (Å²) in [4.78, 5) is 13.6. The molecular weight excluding hydrogens is 266 g/mol. The average molecular weight is 291 g/mol. The molecule has 1 unspecified atom stereocenters. The molecule has 1 rings (SSSR count). The van der Waals surface area contributed by atoms with Gasteiger partial charge in [-0.3, -0.25) is 4.79 Å². The maximum atomic E-state index is 11.9. The van der Waals surface area contributed by atoms with Crippen molar-refractivity contribution in [3.63, 3.8) is 0 Å². The lowest BCUT2D eigenvalue weighted by Gasteiger charge is -2.34. The second-order valence-corrected chi connectivity index (χ2v) is 7.20. The highest BCUT2D eigenvalue weighted by Crippen LogP contribution is 2.10. The predicted molar refractivity (Wildman–Crippen MR) is 75.1 cm³/mol. The van der Waals surface area contributed by atoms with Crippen molar-refractivity contribution < 1.29 is 13.2 Å². The van der Waals surface area contributed by atoms with E-state index in [1.54, 1.807) is 4.90 Å². The molecule has 1 amide bonds. The molecule has 2 N–H and O–H groups in total. The first-order valence-electron chi connectivity index (χ1n) is 6.88. The molecular formula is C12H25N3O3S. The summed E-state index contributed by atoms with van der Waals surface area (Å²) in [6, 6.07) is 0.0233. The Balaban J connectivity index is 2.42. The third-order valence-electron chi connectivity index (χ3n) is 3.26. The van der Waals surface area contributed by atoms with Crippen LogP contribution in [-0.4, -0.2) is 61.5 Å². The minimum Gasteiger partial charge on any atom is -0.340 e. The SMILES string of the molecule is CCCS(=O)(=O)N1CCN(C(=O)CCC(C)N)CC1. The molecule has 1 heterocycles. The lowest BCUT2D eigenvalue weighted by atomic mass is 10.2. The van der Waals surface area contributed by atoms with Crippen LogP contribution in [0.2, 0.25) is 0 Å². The van der Waals surface area contributed by atoms with Gasteiger partial charge in [-0.1, -0.05) is 6.92 Å². The smallest absolute Gasteiger partial charge is 0.222 e. The van der Waals surface area contributed by atoms with Crippen LogP contribution in [-0.2, 0) is 14.8 Å². The van der Waals surface area contributed by atoms with Crippen LogP contribution in [0.5, 0.6) is 0 Å². The van der Waals surface area contributed by atoms with E-state index in [4.69, 9.17) is 5.73 Å². The molecule has 0 aromatic rings. The highest BCUT2D eigenvalue weighted by Gasteiger charge is 2.27. The average Bonchev–Trinajstić information content (AvgIpc) is 2.36. The van der Waals surface area contributed by atoms with Crippen LogP contribution in [0.15, 0.2) is 0 Å². The highest BCUT2D eigenvalue weighted by molar-refractivity contribution is 7.89. The molecule has 0 bridgehead atoms. The lowest BCUT2D eigenvalue weighted by Crippen LogP contribution is -2.51. The molecule has 19 heavy (non-hydrogen) atoms. The minimum atomic E-state index is -3.13. The van der Waals surface area contributed by atoms with E-state index in [2.05, 4.69) is 0 Å². The molecule has 0 aromatic carbocycles. The van der Waals surface area contributed by atoms with E-state index in [1.807, 2.05) is 13.8 Å². The summed E-state index contributed by atoms with van der Waals surface area (Å²) in [7, 11) is -3.13. The van der Waals surface area contributed by atoms with Crippen LogP contribution in [0.25, 0.3) is 0 Å². The monoisotopic (exact) mass is 291 g/mol. The summed E-state index contributed by atoms with van der Waals surface area (Å²) in [5.74, 6) is 0.260. The zero-order valence-electron chi connectivity index (χ0n) is 11.8. The Bertz CT molecular complexity index is 387. The van der Waals surface area contributed by atoms with Gasteiger partial charge in [0.15, 0.2) is 0 Å².